The van der Waals surface area contributed by atoms with Crippen molar-refractivity contribution in [2.75, 3.05) is 18.0 Å². The fourth-order valence-electron chi connectivity index (χ4n) is 1.77. The molecule has 0 spiro atoms. The van der Waals surface area contributed by atoms with Crippen LogP contribution in [0.4, 0.5) is 5.82 Å². The van der Waals surface area contributed by atoms with Gasteiger partial charge in [-0.05, 0) is 13.0 Å². The van der Waals surface area contributed by atoms with Gasteiger partial charge in [0.1, 0.15) is 17.0 Å². The van der Waals surface area contributed by atoms with E-state index in [4.69, 9.17) is 0 Å². The van der Waals surface area contributed by atoms with Gasteiger partial charge in [0.15, 0.2) is 0 Å². The number of hydrogen-bond donors (Lipinski definition) is 0. The molecule has 0 aromatic carbocycles. The van der Waals surface area contributed by atoms with E-state index in [1.54, 1.807) is 17.7 Å². The van der Waals surface area contributed by atoms with Crippen molar-refractivity contribution in [1.29, 1.82) is 0 Å². The fraction of sp³-hybridized carbons (Fsp3) is 0.231. The van der Waals surface area contributed by atoms with Gasteiger partial charge in [0.05, 0.1) is 5.39 Å². The number of fused-ring (bicyclic) bond motifs is 1. The van der Waals surface area contributed by atoms with E-state index < -0.39 is 0 Å². The number of hydrogen-bond acceptors (Lipinski definition) is 4. The lowest BCUT2D eigenvalue weighted by Crippen LogP contribution is -2.24. The Morgan fingerprint density at radius 2 is 2.00 bits per heavy atom. The van der Waals surface area contributed by atoms with Crippen molar-refractivity contribution in [3.63, 3.8) is 0 Å². The van der Waals surface area contributed by atoms with E-state index in [1.807, 2.05) is 12.2 Å². The first-order chi connectivity index (χ1) is 8.26. The predicted octanol–water partition coefficient (Wildman–Crippen LogP) is 3.18. The minimum atomic E-state index is 0.757. The molecular formula is C13H15N3S. The maximum absolute atomic E-state index is 4.38. The molecule has 2 aromatic heterocycles. The third-order valence-electron chi connectivity index (χ3n) is 2.43. The third kappa shape index (κ3) is 2.36. The van der Waals surface area contributed by atoms with Gasteiger partial charge < -0.3 is 4.90 Å². The number of nitrogens with zero attached hydrogens (tertiary/aromatic N) is 3. The molecule has 0 saturated carbocycles. The first-order valence-corrected chi connectivity index (χ1v) is 6.25. The smallest absolute Gasteiger partial charge is 0.141 e. The van der Waals surface area contributed by atoms with E-state index in [1.165, 1.54) is 4.88 Å². The summed E-state index contributed by atoms with van der Waals surface area (Å²) in [5, 5.41) is 1.11. The molecule has 0 amide bonds. The molecule has 0 aliphatic rings. The van der Waals surface area contributed by atoms with Crippen LogP contribution in [0.2, 0.25) is 0 Å². The Hall–Kier alpha value is -1.68. The van der Waals surface area contributed by atoms with Crippen molar-refractivity contribution in [3.05, 3.63) is 42.6 Å². The van der Waals surface area contributed by atoms with Crippen molar-refractivity contribution in [2.45, 2.75) is 6.92 Å². The van der Waals surface area contributed by atoms with E-state index in [2.05, 4.69) is 41.0 Å². The first kappa shape index (κ1) is 11.8. The second kappa shape index (κ2) is 5.10. The molecule has 2 heterocycles. The molecule has 4 heteroatoms. The van der Waals surface area contributed by atoms with Crippen LogP contribution in [0.25, 0.3) is 10.2 Å². The SMILES string of the molecule is C=CCN(CC=C)c1ncnc2sc(C)cc12. The summed E-state index contributed by atoms with van der Waals surface area (Å²) in [6, 6.07) is 2.13. The first-order valence-electron chi connectivity index (χ1n) is 5.44. The number of aromatic nitrogens is 2. The van der Waals surface area contributed by atoms with Crippen molar-refractivity contribution >= 4 is 27.4 Å². The van der Waals surface area contributed by atoms with Gasteiger partial charge >= 0.3 is 0 Å². The predicted molar refractivity (Wildman–Crippen MR) is 74.8 cm³/mol. The molecule has 0 radical (unpaired) electrons. The summed E-state index contributed by atoms with van der Waals surface area (Å²) in [5.41, 5.74) is 0. The van der Waals surface area contributed by atoms with Crippen LogP contribution >= 0.6 is 11.3 Å². The molecule has 0 unspecified atom stereocenters. The van der Waals surface area contributed by atoms with Crippen molar-refractivity contribution in [1.82, 2.24) is 9.97 Å². The molecule has 17 heavy (non-hydrogen) atoms. The highest BCUT2D eigenvalue weighted by atomic mass is 32.1. The highest BCUT2D eigenvalue weighted by Crippen LogP contribution is 2.29. The van der Waals surface area contributed by atoms with E-state index in [0.717, 1.165) is 29.1 Å². The Kier molecular flexibility index (Phi) is 3.54. The average Bonchev–Trinajstić information content (AvgIpc) is 2.68. The molecule has 0 saturated heterocycles. The Balaban J connectivity index is 2.50. The van der Waals surface area contributed by atoms with Crippen LogP contribution in [0, 0.1) is 6.92 Å². The summed E-state index contributed by atoms with van der Waals surface area (Å²) in [7, 11) is 0. The molecule has 0 atom stereocenters. The van der Waals surface area contributed by atoms with Gasteiger partial charge in [-0.2, -0.15) is 0 Å². The van der Waals surface area contributed by atoms with Crippen LogP contribution in [0.3, 0.4) is 0 Å². The molecule has 0 fully saturated rings. The number of anilines is 1. The monoisotopic (exact) mass is 245 g/mol. The topological polar surface area (TPSA) is 29.0 Å². The lowest BCUT2D eigenvalue weighted by molar-refractivity contribution is 0.929. The molecule has 0 aliphatic heterocycles. The minimum Gasteiger partial charge on any atom is -0.349 e. The molecular weight excluding hydrogens is 230 g/mol. The number of thiophene rings is 1. The van der Waals surface area contributed by atoms with Crippen LogP contribution in [0.15, 0.2) is 37.7 Å². The normalized spacial score (nSPS) is 10.4. The number of rotatable bonds is 5. The zero-order chi connectivity index (χ0) is 12.3. The van der Waals surface area contributed by atoms with Crippen LogP contribution in [0.5, 0.6) is 0 Å². The minimum absolute atomic E-state index is 0.757. The highest BCUT2D eigenvalue weighted by molar-refractivity contribution is 7.18. The van der Waals surface area contributed by atoms with Gasteiger partial charge in [0.25, 0.3) is 0 Å². The Bertz CT molecular complexity index is 535. The highest BCUT2D eigenvalue weighted by Gasteiger charge is 2.11. The van der Waals surface area contributed by atoms with E-state index in [0.29, 0.717) is 0 Å². The summed E-state index contributed by atoms with van der Waals surface area (Å²) < 4.78 is 0. The maximum atomic E-state index is 4.38. The van der Waals surface area contributed by atoms with Gasteiger partial charge in [0, 0.05) is 18.0 Å². The van der Waals surface area contributed by atoms with Crippen molar-refractivity contribution < 1.29 is 0 Å². The Morgan fingerprint density at radius 1 is 1.29 bits per heavy atom. The molecule has 2 aromatic rings. The van der Waals surface area contributed by atoms with Crippen LogP contribution in [0.1, 0.15) is 4.88 Å². The summed E-state index contributed by atoms with van der Waals surface area (Å²) in [4.78, 5) is 13.1. The van der Waals surface area contributed by atoms with E-state index in [9.17, 15) is 0 Å². The standard InChI is InChI=1S/C13H15N3S/c1-4-6-16(7-5-2)12-11-8-10(3)17-13(11)15-9-14-12/h4-5,8-9H,1-2,6-7H2,3H3. The van der Waals surface area contributed by atoms with Crippen LogP contribution in [-0.2, 0) is 0 Å². The summed E-state index contributed by atoms with van der Waals surface area (Å²) in [6.45, 7) is 11.2. The summed E-state index contributed by atoms with van der Waals surface area (Å²) in [6.07, 6.45) is 5.36. The molecule has 0 aliphatic carbocycles. The molecule has 0 N–H and O–H groups in total. The molecule has 0 bridgehead atoms. The Morgan fingerprint density at radius 3 is 2.65 bits per heavy atom. The summed E-state index contributed by atoms with van der Waals surface area (Å²) >= 11 is 1.69. The second-order valence-corrected chi connectivity index (χ2v) is 4.99. The zero-order valence-corrected chi connectivity index (χ0v) is 10.7. The molecule has 2 rings (SSSR count). The lowest BCUT2D eigenvalue weighted by Gasteiger charge is -2.20. The second-order valence-electron chi connectivity index (χ2n) is 3.76. The van der Waals surface area contributed by atoms with Crippen LogP contribution < -0.4 is 4.90 Å². The molecule has 3 nitrogen and oxygen atoms in total. The van der Waals surface area contributed by atoms with Crippen molar-refractivity contribution in [3.8, 4) is 0 Å². The molecule has 88 valence electrons. The average molecular weight is 245 g/mol. The zero-order valence-electron chi connectivity index (χ0n) is 9.89. The third-order valence-corrected chi connectivity index (χ3v) is 3.39. The maximum Gasteiger partial charge on any atom is 0.141 e. The Labute approximate surface area is 105 Å². The van der Waals surface area contributed by atoms with Gasteiger partial charge in [-0.1, -0.05) is 12.2 Å². The largest absolute Gasteiger partial charge is 0.349 e. The number of aryl methyl sites for hydroxylation is 1. The summed E-state index contributed by atoms with van der Waals surface area (Å²) in [5.74, 6) is 0.958. The lowest BCUT2D eigenvalue weighted by atomic mass is 10.3. The van der Waals surface area contributed by atoms with E-state index >= 15 is 0 Å². The van der Waals surface area contributed by atoms with Gasteiger partial charge in [-0.15, -0.1) is 24.5 Å². The van der Waals surface area contributed by atoms with Gasteiger partial charge in [0.2, 0.25) is 0 Å². The quantitative estimate of drug-likeness (QED) is 0.758. The van der Waals surface area contributed by atoms with Gasteiger partial charge in [-0.3, -0.25) is 0 Å². The van der Waals surface area contributed by atoms with E-state index in [-0.39, 0.29) is 0 Å². The van der Waals surface area contributed by atoms with Crippen molar-refractivity contribution in [2.24, 2.45) is 0 Å². The van der Waals surface area contributed by atoms with Crippen LogP contribution in [-0.4, -0.2) is 23.1 Å². The fourth-order valence-corrected chi connectivity index (χ4v) is 2.62. The van der Waals surface area contributed by atoms with Gasteiger partial charge in [-0.25, -0.2) is 9.97 Å².